The van der Waals surface area contributed by atoms with Crippen LogP contribution < -0.4 is 0 Å². The summed E-state index contributed by atoms with van der Waals surface area (Å²) in [7, 11) is 1.42. The van der Waals surface area contributed by atoms with E-state index in [-0.39, 0.29) is 12.0 Å². The Hall–Kier alpha value is -2.08. The van der Waals surface area contributed by atoms with Gasteiger partial charge in [-0.15, -0.1) is 0 Å². The molecule has 2 amide bonds. The molecule has 0 saturated carbocycles. The van der Waals surface area contributed by atoms with E-state index in [1.807, 2.05) is 11.0 Å². The maximum Gasteiger partial charge on any atom is 0.409 e. The van der Waals surface area contributed by atoms with E-state index in [2.05, 4.69) is 29.2 Å². The summed E-state index contributed by atoms with van der Waals surface area (Å²) >= 11 is 0. The predicted octanol–water partition coefficient (Wildman–Crippen LogP) is 2.59. The molecular formula is C21H31N3O3. The number of amides is 2. The van der Waals surface area contributed by atoms with Crippen LogP contribution in [0.3, 0.4) is 0 Å². The van der Waals surface area contributed by atoms with E-state index in [1.54, 1.807) is 4.90 Å². The first-order valence-electron chi connectivity index (χ1n) is 10.0. The molecule has 0 aromatic heterocycles. The van der Waals surface area contributed by atoms with Crippen molar-refractivity contribution >= 4 is 12.0 Å². The van der Waals surface area contributed by atoms with Gasteiger partial charge in [0.05, 0.1) is 7.11 Å². The normalized spacial score (nSPS) is 21.1. The minimum Gasteiger partial charge on any atom is -0.453 e. The van der Waals surface area contributed by atoms with Crippen molar-refractivity contribution in [3.8, 4) is 0 Å². The fraction of sp³-hybridized carbons (Fsp3) is 0.619. The molecule has 1 aromatic carbocycles. The van der Waals surface area contributed by atoms with Gasteiger partial charge in [-0.1, -0.05) is 30.3 Å². The van der Waals surface area contributed by atoms with Crippen molar-refractivity contribution < 1.29 is 14.3 Å². The maximum absolute atomic E-state index is 12.6. The fourth-order valence-electron chi connectivity index (χ4n) is 4.08. The summed E-state index contributed by atoms with van der Waals surface area (Å²) in [5.74, 6) is 0.658. The van der Waals surface area contributed by atoms with Crippen LogP contribution in [0, 0.1) is 5.92 Å². The van der Waals surface area contributed by atoms with E-state index < -0.39 is 0 Å². The molecule has 3 rings (SSSR count). The lowest BCUT2D eigenvalue weighted by Crippen LogP contribution is -2.48. The highest BCUT2D eigenvalue weighted by molar-refractivity contribution is 5.76. The van der Waals surface area contributed by atoms with Gasteiger partial charge in [0, 0.05) is 52.2 Å². The topological polar surface area (TPSA) is 53.1 Å². The molecule has 2 fully saturated rings. The van der Waals surface area contributed by atoms with Crippen molar-refractivity contribution in [2.24, 2.45) is 5.92 Å². The maximum atomic E-state index is 12.6. The number of methoxy groups -OCH3 is 1. The van der Waals surface area contributed by atoms with Crippen LogP contribution in [0.5, 0.6) is 0 Å². The molecule has 2 saturated heterocycles. The molecule has 2 aliphatic heterocycles. The van der Waals surface area contributed by atoms with Crippen LogP contribution in [0.15, 0.2) is 30.3 Å². The van der Waals surface area contributed by atoms with Gasteiger partial charge >= 0.3 is 6.09 Å². The average Bonchev–Trinajstić information content (AvgIpc) is 2.73. The largest absolute Gasteiger partial charge is 0.453 e. The predicted molar refractivity (Wildman–Crippen MR) is 104 cm³/mol. The van der Waals surface area contributed by atoms with E-state index in [0.717, 1.165) is 58.5 Å². The second-order valence-electron chi connectivity index (χ2n) is 7.61. The third-order valence-electron chi connectivity index (χ3n) is 5.69. The Morgan fingerprint density at radius 1 is 1.04 bits per heavy atom. The van der Waals surface area contributed by atoms with Crippen LogP contribution in [0.2, 0.25) is 0 Å². The Morgan fingerprint density at radius 2 is 1.78 bits per heavy atom. The number of carbonyl (C=O) groups is 2. The van der Waals surface area contributed by atoms with Crippen LogP contribution >= 0.6 is 0 Å². The third kappa shape index (κ3) is 5.70. The summed E-state index contributed by atoms with van der Waals surface area (Å²) in [6.45, 7) is 5.91. The zero-order valence-corrected chi connectivity index (χ0v) is 16.3. The molecule has 2 heterocycles. The molecule has 6 heteroatoms. The van der Waals surface area contributed by atoms with Crippen molar-refractivity contribution in [2.45, 2.75) is 32.2 Å². The van der Waals surface area contributed by atoms with E-state index >= 15 is 0 Å². The van der Waals surface area contributed by atoms with Gasteiger partial charge in [0.2, 0.25) is 5.91 Å². The number of hydrogen-bond acceptors (Lipinski definition) is 4. The average molecular weight is 373 g/mol. The van der Waals surface area contributed by atoms with Crippen LogP contribution in [0.1, 0.15) is 31.2 Å². The lowest BCUT2D eigenvalue weighted by molar-refractivity contribution is -0.133. The third-order valence-corrected chi connectivity index (χ3v) is 5.69. The second kappa shape index (κ2) is 9.74. The van der Waals surface area contributed by atoms with Gasteiger partial charge in [-0.05, 0) is 30.7 Å². The van der Waals surface area contributed by atoms with Gasteiger partial charge in [-0.25, -0.2) is 4.79 Å². The number of piperazine rings is 1. The van der Waals surface area contributed by atoms with Crippen LogP contribution in [0.25, 0.3) is 0 Å². The second-order valence-corrected chi connectivity index (χ2v) is 7.61. The van der Waals surface area contributed by atoms with Crippen molar-refractivity contribution in [1.29, 1.82) is 0 Å². The Morgan fingerprint density at radius 3 is 2.48 bits per heavy atom. The van der Waals surface area contributed by atoms with Gasteiger partial charge in [0.25, 0.3) is 0 Å². The Bertz CT molecular complexity index is 614. The highest BCUT2D eigenvalue weighted by Gasteiger charge is 2.26. The first-order chi connectivity index (χ1) is 13.2. The molecule has 0 bridgehead atoms. The summed E-state index contributed by atoms with van der Waals surface area (Å²) in [6, 6.07) is 10.5. The minimum absolute atomic E-state index is 0.249. The molecule has 6 nitrogen and oxygen atoms in total. The summed E-state index contributed by atoms with van der Waals surface area (Å²) in [4.78, 5) is 30.4. The standard InChI is InChI=1S/C21H31N3O3/c1-27-21(26)24-11-5-8-19(17-24)9-10-20(25)23-14-12-22(13-15-23)16-18-6-3-2-4-7-18/h2-4,6-7,19H,5,8-17H2,1H3/t19-/m1/s1. The quantitative estimate of drug-likeness (QED) is 0.796. The minimum atomic E-state index is -0.249. The van der Waals surface area contributed by atoms with Crippen molar-refractivity contribution in [3.05, 3.63) is 35.9 Å². The van der Waals surface area contributed by atoms with Crippen molar-refractivity contribution in [2.75, 3.05) is 46.4 Å². The van der Waals surface area contributed by atoms with Crippen LogP contribution in [-0.4, -0.2) is 73.1 Å². The van der Waals surface area contributed by atoms with Gasteiger partial charge in [0.15, 0.2) is 0 Å². The van der Waals surface area contributed by atoms with Crippen LogP contribution in [-0.2, 0) is 16.1 Å². The zero-order valence-electron chi connectivity index (χ0n) is 16.3. The molecule has 0 radical (unpaired) electrons. The Balaban J connectivity index is 1.37. The molecule has 0 spiro atoms. The molecule has 1 aromatic rings. The van der Waals surface area contributed by atoms with Gasteiger partial charge < -0.3 is 14.5 Å². The monoisotopic (exact) mass is 373 g/mol. The summed E-state index contributed by atoms with van der Waals surface area (Å²) in [5.41, 5.74) is 1.32. The zero-order chi connectivity index (χ0) is 19.1. The Labute approximate surface area is 162 Å². The molecule has 148 valence electrons. The number of piperidine rings is 1. The molecule has 0 unspecified atom stereocenters. The highest BCUT2D eigenvalue weighted by Crippen LogP contribution is 2.22. The molecule has 1 atom stereocenters. The van der Waals surface area contributed by atoms with Crippen molar-refractivity contribution in [1.82, 2.24) is 14.7 Å². The van der Waals surface area contributed by atoms with Crippen molar-refractivity contribution in [3.63, 3.8) is 0 Å². The van der Waals surface area contributed by atoms with E-state index in [9.17, 15) is 9.59 Å². The van der Waals surface area contributed by atoms with Gasteiger partial charge in [-0.2, -0.15) is 0 Å². The lowest BCUT2D eigenvalue weighted by Gasteiger charge is -2.35. The number of benzene rings is 1. The number of carbonyl (C=O) groups excluding carboxylic acids is 2. The molecular weight excluding hydrogens is 342 g/mol. The van der Waals surface area contributed by atoms with E-state index in [1.165, 1.54) is 12.7 Å². The molecule has 0 N–H and O–H groups in total. The number of nitrogens with zero attached hydrogens (tertiary/aromatic N) is 3. The fourth-order valence-corrected chi connectivity index (χ4v) is 4.08. The summed E-state index contributed by atoms with van der Waals surface area (Å²) < 4.78 is 4.82. The lowest BCUT2D eigenvalue weighted by atomic mass is 9.93. The van der Waals surface area contributed by atoms with Gasteiger partial charge in [0.1, 0.15) is 0 Å². The molecule has 2 aliphatic rings. The SMILES string of the molecule is COC(=O)N1CCC[C@H](CCC(=O)N2CCN(Cc3ccccc3)CC2)C1. The first-order valence-corrected chi connectivity index (χ1v) is 10.0. The van der Waals surface area contributed by atoms with E-state index in [4.69, 9.17) is 4.74 Å². The number of likely N-dealkylation sites (tertiary alicyclic amines) is 1. The van der Waals surface area contributed by atoms with Gasteiger partial charge in [-0.3, -0.25) is 9.69 Å². The number of rotatable bonds is 5. The highest BCUT2D eigenvalue weighted by atomic mass is 16.5. The Kier molecular flexibility index (Phi) is 7.10. The number of hydrogen-bond donors (Lipinski definition) is 0. The number of ether oxygens (including phenoxy) is 1. The first kappa shape index (κ1) is 19.7. The van der Waals surface area contributed by atoms with Crippen LogP contribution in [0.4, 0.5) is 4.79 Å². The molecule has 0 aliphatic carbocycles. The summed E-state index contributed by atoms with van der Waals surface area (Å²) in [5, 5.41) is 0. The molecule has 27 heavy (non-hydrogen) atoms. The smallest absolute Gasteiger partial charge is 0.409 e. The van der Waals surface area contributed by atoms with E-state index in [0.29, 0.717) is 18.9 Å². The summed E-state index contributed by atoms with van der Waals surface area (Å²) in [6.07, 6.45) is 3.27.